The lowest BCUT2D eigenvalue weighted by molar-refractivity contribution is -0.154. The second-order valence-electron chi connectivity index (χ2n) is 15.1. The third-order valence-corrected chi connectivity index (χ3v) is 10.5. The van der Waals surface area contributed by atoms with Crippen molar-refractivity contribution in [2.45, 2.75) is 212 Å². The van der Waals surface area contributed by atoms with Crippen LogP contribution in [-0.2, 0) is 27.9 Å². The van der Waals surface area contributed by atoms with Crippen molar-refractivity contribution in [1.29, 1.82) is 0 Å². The molecule has 3 unspecified atom stereocenters. The molecule has 0 aliphatic rings. The lowest BCUT2D eigenvalue weighted by Gasteiger charge is -2.20. The first-order valence-electron chi connectivity index (χ1n) is 22.5. The molecule has 0 aliphatic carbocycles. The molecule has 0 radical (unpaired) electrons. The minimum absolute atomic E-state index is 0.0413. The molecular formula is C45H85O9P. The van der Waals surface area contributed by atoms with Crippen molar-refractivity contribution >= 4 is 13.8 Å². The summed E-state index contributed by atoms with van der Waals surface area (Å²) in [6.45, 7) is 3.48. The zero-order chi connectivity index (χ0) is 40.3. The summed E-state index contributed by atoms with van der Waals surface area (Å²) >= 11 is 0. The van der Waals surface area contributed by atoms with E-state index in [0.717, 1.165) is 64.2 Å². The fourth-order valence-electron chi connectivity index (χ4n) is 6.09. The number of hydrogen-bond donors (Lipinski definition) is 3. The highest BCUT2D eigenvalue weighted by Gasteiger charge is 2.26. The van der Waals surface area contributed by atoms with Crippen LogP contribution in [0.2, 0.25) is 0 Å². The Balaban J connectivity index is 4.18. The van der Waals surface area contributed by atoms with Gasteiger partial charge in [-0.2, -0.15) is 0 Å². The molecule has 10 heteroatoms. The third kappa shape index (κ3) is 42.1. The van der Waals surface area contributed by atoms with Crippen molar-refractivity contribution in [2.24, 2.45) is 0 Å². The van der Waals surface area contributed by atoms with Crippen molar-refractivity contribution in [3.05, 3.63) is 36.5 Å². The monoisotopic (exact) mass is 801 g/mol. The summed E-state index contributed by atoms with van der Waals surface area (Å²) in [5.41, 5.74) is 0. The predicted octanol–water partition coefficient (Wildman–Crippen LogP) is 12.4. The predicted molar refractivity (Wildman–Crippen MR) is 228 cm³/mol. The molecule has 0 saturated heterocycles. The molecule has 324 valence electrons. The van der Waals surface area contributed by atoms with Gasteiger partial charge in [-0.1, -0.05) is 159 Å². The molecule has 0 heterocycles. The topological polar surface area (TPSA) is 132 Å². The number of carbonyl (C=O) groups is 1. The number of phosphoric acid groups is 1. The maximum Gasteiger partial charge on any atom is 0.472 e. The number of esters is 1. The second-order valence-corrected chi connectivity index (χ2v) is 16.5. The van der Waals surface area contributed by atoms with E-state index in [-0.39, 0.29) is 19.6 Å². The Bertz CT molecular complexity index is 955. The number of ether oxygens (including phenoxy) is 2. The van der Waals surface area contributed by atoms with Crippen molar-refractivity contribution in [1.82, 2.24) is 0 Å². The molecule has 0 aromatic carbocycles. The maximum absolute atomic E-state index is 12.6. The van der Waals surface area contributed by atoms with Crippen LogP contribution in [-0.4, -0.2) is 66.3 Å². The van der Waals surface area contributed by atoms with E-state index in [1.54, 1.807) is 0 Å². The van der Waals surface area contributed by atoms with Gasteiger partial charge in [0.25, 0.3) is 0 Å². The normalized spacial score (nSPS) is 14.3. The number of unbranched alkanes of at least 4 members (excludes halogenated alkanes) is 23. The van der Waals surface area contributed by atoms with E-state index < -0.39 is 39.2 Å². The maximum atomic E-state index is 12.6. The largest absolute Gasteiger partial charge is 0.472 e. The second kappa shape index (κ2) is 42.3. The van der Waals surface area contributed by atoms with Gasteiger partial charge in [0.1, 0.15) is 12.2 Å². The molecular weight excluding hydrogens is 715 g/mol. The Labute approximate surface area is 337 Å². The van der Waals surface area contributed by atoms with Crippen LogP contribution in [0.3, 0.4) is 0 Å². The molecule has 9 nitrogen and oxygen atoms in total. The van der Waals surface area contributed by atoms with Gasteiger partial charge >= 0.3 is 13.8 Å². The average Bonchev–Trinajstić information content (AvgIpc) is 3.18. The van der Waals surface area contributed by atoms with E-state index in [1.165, 1.54) is 116 Å². The SMILES string of the molecule is CCCCCC/C=C\C/C=C\CCCCCCCCOCC(COP(=O)(O)OCC(O)CO)OC(=O)CCCCCCCCC/C=C\CCCCCCCC. The molecule has 3 N–H and O–H groups in total. The first-order chi connectivity index (χ1) is 26.8. The van der Waals surface area contributed by atoms with Crippen molar-refractivity contribution in [3.63, 3.8) is 0 Å². The molecule has 0 aliphatic heterocycles. The Hall–Kier alpha value is -1.32. The number of phosphoric ester groups is 1. The number of rotatable bonds is 43. The van der Waals surface area contributed by atoms with Crippen LogP contribution >= 0.6 is 7.82 Å². The molecule has 0 aromatic heterocycles. The van der Waals surface area contributed by atoms with Crippen LogP contribution in [0.15, 0.2) is 36.5 Å². The fraction of sp³-hybridized carbons (Fsp3) is 0.844. The van der Waals surface area contributed by atoms with Crippen LogP contribution in [0.1, 0.15) is 200 Å². The molecule has 0 fully saturated rings. The molecule has 0 amide bonds. The summed E-state index contributed by atoms with van der Waals surface area (Å²) in [7, 11) is -4.52. The van der Waals surface area contributed by atoms with Crippen LogP contribution in [0.4, 0.5) is 0 Å². The van der Waals surface area contributed by atoms with Gasteiger partial charge in [-0.15, -0.1) is 0 Å². The van der Waals surface area contributed by atoms with Gasteiger partial charge in [-0.05, 0) is 70.6 Å². The van der Waals surface area contributed by atoms with Crippen molar-refractivity contribution < 1.29 is 43.0 Å². The first kappa shape index (κ1) is 53.7. The molecule has 0 rings (SSSR count). The summed E-state index contributed by atoms with van der Waals surface area (Å²) in [6, 6.07) is 0. The van der Waals surface area contributed by atoms with Gasteiger partial charge in [0.05, 0.1) is 26.4 Å². The smallest absolute Gasteiger partial charge is 0.457 e. The zero-order valence-corrected chi connectivity index (χ0v) is 36.3. The number of allylic oxidation sites excluding steroid dienone is 6. The number of hydrogen-bond acceptors (Lipinski definition) is 8. The quantitative estimate of drug-likeness (QED) is 0.0239. The van der Waals surface area contributed by atoms with Crippen LogP contribution in [0.25, 0.3) is 0 Å². The minimum atomic E-state index is -4.52. The standard InChI is InChI=1S/C45H85O9P/c1-3-5-7-9-11-13-15-17-19-21-23-25-27-29-31-33-35-37-45(48)54-44(42-53-55(49,50)52-40-43(47)39-46)41-51-38-36-34-32-30-28-26-24-22-20-18-16-14-12-10-8-6-4-2/h14,16-17,19-20,22,43-44,46-47H,3-13,15,18,21,23-42H2,1-2H3,(H,49,50)/b16-14-,19-17-,22-20-. The van der Waals surface area contributed by atoms with Gasteiger partial charge in [0.2, 0.25) is 0 Å². The van der Waals surface area contributed by atoms with Crippen molar-refractivity contribution in [2.75, 3.05) is 33.0 Å². The summed E-state index contributed by atoms with van der Waals surface area (Å²) in [5.74, 6) is -0.390. The molecule has 0 aromatic rings. The van der Waals surface area contributed by atoms with Crippen LogP contribution in [0.5, 0.6) is 0 Å². The van der Waals surface area contributed by atoms with E-state index in [2.05, 4.69) is 50.3 Å². The summed E-state index contributed by atoms with van der Waals surface area (Å²) in [4.78, 5) is 22.6. The Morgan fingerprint density at radius 1 is 0.564 bits per heavy atom. The number of aliphatic hydroxyl groups excluding tert-OH is 2. The fourth-order valence-corrected chi connectivity index (χ4v) is 6.88. The lowest BCUT2D eigenvalue weighted by atomic mass is 10.1. The molecule has 3 atom stereocenters. The molecule has 0 spiro atoms. The highest BCUT2D eigenvalue weighted by Crippen LogP contribution is 2.43. The van der Waals surface area contributed by atoms with Gasteiger partial charge in [0, 0.05) is 13.0 Å². The van der Waals surface area contributed by atoms with Gasteiger partial charge in [-0.3, -0.25) is 13.8 Å². The van der Waals surface area contributed by atoms with E-state index in [4.69, 9.17) is 23.6 Å². The van der Waals surface area contributed by atoms with E-state index in [9.17, 15) is 19.4 Å². The van der Waals surface area contributed by atoms with E-state index in [0.29, 0.717) is 6.61 Å². The molecule has 0 saturated carbocycles. The van der Waals surface area contributed by atoms with E-state index in [1.807, 2.05) is 0 Å². The van der Waals surface area contributed by atoms with Crippen LogP contribution in [0, 0.1) is 0 Å². The minimum Gasteiger partial charge on any atom is -0.457 e. The zero-order valence-electron chi connectivity index (χ0n) is 35.4. The van der Waals surface area contributed by atoms with Crippen LogP contribution < -0.4 is 0 Å². The Morgan fingerprint density at radius 2 is 0.982 bits per heavy atom. The molecule has 55 heavy (non-hydrogen) atoms. The summed E-state index contributed by atoms with van der Waals surface area (Å²) in [6.07, 6.45) is 45.2. The van der Waals surface area contributed by atoms with Gasteiger partial charge in [-0.25, -0.2) is 4.57 Å². The van der Waals surface area contributed by atoms with Crippen molar-refractivity contribution in [3.8, 4) is 0 Å². The van der Waals surface area contributed by atoms with Gasteiger partial charge < -0.3 is 24.6 Å². The van der Waals surface area contributed by atoms with Gasteiger partial charge in [0.15, 0.2) is 0 Å². The summed E-state index contributed by atoms with van der Waals surface area (Å²) < 4.78 is 33.4. The molecule has 0 bridgehead atoms. The first-order valence-corrected chi connectivity index (χ1v) is 24.0. The van der Waals surface area contributed by atoms with E-state index >= 15 is 0 Å². The lowest BCUT2D eigenvalue weighted by Crippen LogP contribution is -2.29. The Morgan fingerprint density at radius 3 is 1.49 bits per heavy atom. The Kier molecular flexibility index (Phi) is 41.3. The third-order valence-electron chi connectivity index (χ3n) is 9.55. The highest BCUT2D eigenvalue weighted by molar-refractivity contribution is 7.47. The summed E-state index contributed by atoms with van der Waals surface area (Å²) in [5, 5.41) is 18.4. The number of carbonyl (C=O) groups excluding carboxylic acids is 1. The average molecular weight is 801 g/mol. The highest BCUT2D eigenvalue weighted by atomic mass is 31.2. The number of aliphatic hydroxyl groups is 2.